The lowest BCUT2D eigenvalue weighted by Gasteiger charge is -2.11. The van der Waals surface area contributed by atoms with Gasteiger partial charge in [0.05, 0.1) is 5.52 Å². The van der Waals surface area contributed by atoms with Crippen molar-refractivity contribution in [2.45, 2.75) is 25.4 Å². The van der Waals surface area contributed by atoms with Crippen LogP contribution in [0.4, 0.5) is 0 Å². The normalized spacial score (nSPS) is 15.7. The highest BCUT2D eigenvalue weighted by Crippen LogP contribution is 2.31. The second-order valence-electron chi connectivity index (χ2n) is 5.19. The van der Waals surface area contributed by atoms with Gasteiger partial charge in [-0.3, -0.25) is 9.48 Å². The summed E-state index contributed by atoms with van der Waals surface area (Å²) < 4.78 is 1.67. The Hall–Kier alpha value is -1.59. The molecule has 0 aliphatic heterocycles. The van der Waals surface area contributed by atoms with Gasteiger partial charge in [0.15, 0.2) is 0 Å². The number of hydrogen-bond donors (Lipinski definition) is 2. The van der Waals surface area contributed by atoms with Gasteiger partial charge in [-0.1, -0.05) is 18.2 Å². The summed E-state index contributed by atoms with van der Waals surface area (Å²) in [6, 6.07) is 7.92. The minimum absolute atomic E-state index is 0. The first kappa shape index (κ1) is 14.8. The van der Waals surface area contributed by atoms with Crippen LogP contribution >= 0.6 is 12.4 Å². The van der Waals surface area contributed by atoms with E-state index in [0.29, 0.717) is 12.5 Å². The van der Waals surface area contributed by atoms with Crippen molar-refractivity contribution in [1.82, 2.24) is 15.1 Å². The first-order chi connectivity index (χ1) is 9.22. The molecule has 0 spiro atoms. The zero-order valence-corrected chi connectivity index (χ0v) is 12.0. The van der Waals surface area contributed by atoms with Crippen LogP contribution in [0.3, 0.4) is 0 Å². The molecular formula is C14H19ClN4O. The summed E-state index contributed by atoms with van der Waals surface area (Å²) in [7, 11) is 0. The lowest BCUT2D eigenvalue weighted by molar-refractivity contribution is -0.121. The Morgan fingerprint density at radius 3 is 2.90 bits per heavy atom. The average molecular weight is 295 g/mol. The van der Waals surface area contributed by atoms with E-state index in [1.165, 1.54) is 12.8 Å². The fourth-order valence-electron chi connectivity index (χ4n) is 2.22. The molecule has 1 atom stereocenters. The number of nitrogens with zero attached hydrogens (tertiary/aromatic N) is 2. The summed E-state index contributed by atoms with van der Waals surface area (Å²) in [4.78, 5) is 11.8. The number of halogens is 1. The monoisotopic (exact) mass is 294 g/mol. The van der Waals surface area contributed by atoms with Gasteiger partial charge in [-0.15, -0.1) is 12.4 Å². The van der Waals surface area contributed by atoms with Gasteiger partial charge in [0.1, 0.15) is 6.54 Å². The van der Waals surface area contributed by atoms with E-state index in [-0.39, 0.29) is 30.9 Å². The van der Waals surface area contributed by atoms with Crippen molar-refractivity contribution in [1.29, 1.82) is 0 Å². The molecule has 108 valence electrons. The molecule has 0 bridgehead atoms. The van der Waals surface area contributed by atoms with Crippen LogP contribution in [0.25, 0.3) is 10.9 Å². The van der Waals surface area contributed by atoms with Gasteiger partial charge in [-0.05, 0) is 24.8 Å². The van der Waals surface area contributed by atoms with Crippen LogP contribution in [-0.4, -0.2) is 28.3 Å². The van der Waals surface area contributed by atoms with Crippen molar-refractivity contribution in [2.24, 2.45) is 11.7 Å². The standard InChI is InChI=1S/C14H18N4O.ClH/c15-12(10-5-6-10)7-16-14(19)9-18-8-11-3-1-2-4-13(11)17-18;/h1-4,8,10,12H,5-7,9,15H2,(H,16,19);1H. The maximum absolute atomic E-state index is 11.8. The van der Waals surface area contributed by atoms with Crippen LogP contribution in [0.5, 0.6) is 0 Å². The van der Waals surface area contributed by atoms with Crippen molar-refractivity contribution in [3.63, 3.8) is 0 Å². The number of amides is 1. The SMILES string of the molecule is Cl.NC(CNC(=O)Cn1cc2ccccc2n1)C1CC1. The molecule has 1 amide bonds. The van der Waals surface area contributed by atoms with Crippen molar-refractivity contribution in [3.8, 4) is 0 Å². The summed E-state index contributed by atoms with van der Waals surface area (Å²) >= 11 is 0. The molecule has 1 saturated carbocycles. The van der Waals surface area contributed by atoms with Crippen LogP contribution in [0.2, 0.25) is 0 Å². The number of nitrogens with two attached hydrogens (primary N) is 1. The van der Waals surface area contributed by atoms with E-state index in [9.17, 15) is 4.79 Å². The highest BCUT2D eigenvalue weighted by molar-refractivity contribution is 5.85. The van der Waals surface area contributed by atoms with Crippen molar-refractivity contribution in [3.05, 3.63) is 30.5 Å². The Labute approximate surface area is 123 Å². The molecule has 1 aliphatic carbocycles. The second kappa shape index (κ2) is 6.24. The minimum atomic E-state index is -0.0380. The molecule has 1 aromatic carbocycles. The van der Waals surface area contributed by atoms with Crippen molar-refractivity contribution in [2.75, 3.05) is 6.54 Å². The van der Waals surface area contributed by atoms with Gasteiger partial charge in [0.2, 0.25) is 5.91 Å². The maximum atomic E-state index is 11.8. The molecule has 1 fully saturated rings. The van der Waals surface area contributed by atoms with Crippen LogP contribution in [0.1, 0.15) is 12.8 Å². The molecule has 2 aromatic rings. The van der Waals surface area contributed by atoms with E-state index in [1.807, 2.05) is 30.5 Å². The topological polar surface area (TPSA) is 72.9 Å². The smallest absolute Gasteiger partial charge is 0.241 e. The van der Waals surface area contributed by atoms with E-state index in [2.05, 4.69) is 10.4 Å². The predicted molar refractivity (Wildman–Crippen MR) is 80.7 cm³/mol. The Morgan fingerprint density at radius 2 is 2.20 bits per heavy atom. The highest BCUT2D eigenvalue weighted by atomic mass is 35.5. The largest absolute Gasteiger partial charge is 0.353 e. The number of nitrogens with one attached hydrogen (secondary N) is 1. The molecule has 3 N–H and O–H groups in total. The Bertz CT molecular complexity index is 561. The number of fused-ring (bicyclic) bond motifs is 1. The first-order valence-electron chi connectivity index (χ1n) is 6.67. The molecule has 6 heteroatoms. The minimum Gasteiger partial charge on any atom is -0.353 e. The average Bonchev–Trinajstić information content (AvgIpc) is 3.16. The van der Waals surface area contributed by atoms with Crippen LogP contribution in [0.15, 0.2) is 30.5 Å². The van der Waals surface area contributed by atoms with E-state index >= 15 is 0 Å². The molecule has 1 unspecified atom stereocenters. The van der Waals surface area contributed by atoms with E-state index in [1.54, 1.807) is 4.68 Å². The lowest BCUT2D eigenvalue weighted by atomic mass is 10.2. The number of rotatable bonds is 5. The zero-order chi connectivity index (χ0) is 13.2. The highest BCUT2D eigenvalue weighted by Gasteiger charge is 2.28. The molecule has 1 aliphatic rings. The second-order valence-corrected chi connectivity index (χ2v) is 5.19. The quantitative estimate of drug-likeness (QED) is 0.873. The zero-order valence-electron chi connectivity index (χ0n) is 11.2. The Morgan fingerprint density at radius 1 is 1.45 bits per heavy atom. The van der Waals surface area contributed by atoms with E-state index in [4.69, 9.17) is 5.73 Å². The van der Waals surface area contributed by atoms with E-state index < -0.39 is 0 Å². The van der Waals surface area contributed by atoms with Gasteiger partial charge in [-0.25, -0.2) is 0 Å². The van der Waals surface area contributed by atoms with Crippen LogP contribution in [0, 0.1) is 5.92 Å². The molecule has 20 heavy (non-hydrogen) atoms. The maximum Gasteiger partial charge on any atom is 0.241 e. The molecular weight excluding hydrogens is 276 g/mol. The third kappa shape index (κ3) is 3.49. The predicted octanol–water partition coefficient (Wildman–Crippen LogP) is 1.31. The first-order valence-corrected chi connectivity index (χ1v) is 6.67. The summed E-state index contributed by atoms with van der Waals surface area (Å²) in [6.45, 7) is 0.802. The molecule has 3 rings (SSSR count). The van der Waals surface area contributed by atoms with Crippen molar-refractivity contribution < 1.29 is 4.79 Å². The van der Waals surface area contributed by atoms with Gasteiger partial charge in [0, 0.05) is 24.2 Å². The van der Waals surface area contributed by atoms with Crippen LogP contribution < -0.4 is 11.1 Å². The van der Waals surface area contributed by atoms with Gasteiger partial charge >= 0.3 is 0 Å². The molecule has 1 aromatic heterocycles. The summed E-state index contributed by atoms with van der Waals surface area (Å²) in [5.74, 6) is 0.566. The number of carbonyl (C=O) groups is 1. The fourth-order valence-corrected chi connectivity index (χ4v) is 2.22. The summed E-state index contributed by atoms with van der Waals surface area (Å²) in [5.41, 5.74) is 6.85. The summed E-state index contributed by atoms with van der Waals surface area (Å²) in [6.07, 6.45) is 4.28. The Balaban J connectivity index is 0.00000147. The van der Waals surface area contributed by atoms with Gasteiger partial charge in [-0.2, -0.15) is 5.10 Å². The molecule has 5 nitrogen and oxygen atoms in total. The van der Waals surface area contributed by atoms with Crippen molar-refractivity contribution >= 4 is 29.2 Å². The number of carbonyl (C=O) groups excluding carboxylic acids is 1. The van der Waals surface area contributed by atoms with Gasteiger partial charge < -0.3 is 11.1 Å². The van der Waals surface area contributed by atoms with Crippen LogP contribution in [-0.2, 0) is 11.3 Å². The van der Waals surface area contributed by atoms with E-state index in [0.717, 1.165) is 10.9 Å². The summed E-state index contributed by atoms with van der Waals surface area (Å²) in [5, 5.41) is 8.27. The lowest BCUT2D eigenvalue weighted by Crippen LogP contribution is -2.39. The third-order valence-electron chi connectivity index (χ3n) is 3.53. The number of hydrogen-bond acceptors (Lipinski definition) is 3. The molecule has 1 heterocycles. The fraction of sp³-hybridized carbons (Fsp3) is 0.429. The third-order valence-corrected chi connectivity index (χ3v) is 3.53. The number of aromatic nitrogens is 2. The van der Waals surface area contributed by atoms with Gasteiger partial charge in [0.25, 0.3) is 0 Å². The molecule has 0 saturated heterocycles. The Kier molecular flexibility index (Phi) is 4.62. The molecule has 0 radical (unpaired) electrons. The number of benzene rings is 1.